The molecule has 0 spiro atoms. The van der Waals surface area contributed by atoms with Crippen molar-refractivity contribution in [1.82, 2.24) is 9.62 Å². The van der Waals surface area contributed by atoms with Gasteiger partial charge in [0.25, 0.3) is 5.91 Å². The fourth-order valence-corrected chi connectivity index (χ4v) is 2.97. The van der Waals surface area contributed by atoms with Gasteiger partial charge < -0.3 is 10.4 Å². The molecule has 0 fully saturated rings. The molecule has 2 N–H and O–H groups in total. The van der Waals surface area contributed by atoms with Crippen molar-refractivity contribution in [3.05, 3.63) is 42.5 Å². The molecule has 0 saturated carbocycles. The van der Waals surface area contributed by atoms with E-state index < -0.39 is 22.5 Å². The number of rotatable bonds is 7. The first-order valence-corrected chi connectivity index (χ1v) is 7.42. The summed E-state index contributed by atoms with van der Waals surface area (Å²) >= 11 is 0. The Morgan fingerprint density at radius 3 is 2.33 bits per heavy atom. The minimum Gasteiger partial charge on any atom is -0.480 e. The monoisotopic (exact) mass is 312 g/mol. The zero-order chi connectivity index (χ0) is 16.0. The van der Waals surface area contributed by atoms with Crippen LogP contribution in [0.1, 0.15) is 10.4 Å². The fourth-order valence-electron chi connectivity index (χ4n) is 1.61. The molecule has 0 unspecified atom stereocenters. The van der Waals surface area contributed by atoms with Crippen molar-refractivity contribution in [3.63, 3.8) is 0 Å². The average molecular weight is 312 g/mol. The lowest BCUT2D eigenvalue weighted by Gasteiger charge is -2.18. The number of hydrogen-bond acceptors (Lipinski definition) is 4. The van der Waals surface area contributed by atoms with Crippen molar-refractivity contribution in [2.75, 3.05) is 20.1 Å². The van der Waals surface area contributed by atoms with Crippen LogP contribution in [-0.4, -0.2) is 49.8 Å². The first-order valence-electron chi connectivity index (χ1n) is 5.98. The topological polar surface area (TPSA) is 104 Å². The van der Waals surface area contributed by atoms with Crippen LogP contribution in [0.5, 0.6) is 0 Å². The molecule has 0 heterocycles. The van der Waals surface area contributed by atoms with Gasteiger partial charge in [0.05, 0.1) is 4.90 Å². The van der Waals surface area contributed by atoms with E-state index in [0.717, 1.165) is 4.31 Å². The molecule has 0 aliphatic heterocycles. The summed E-state index contributed by atoms with van der Waals surface area (Å²) < 4.78 is 25.4. The van der Waals surface area contributed by atoms with Crippen LogP contribution in [0.25, 0.3) is 0 Å². The van der Waals surface area contributed by atoms with Crippen molar-refractivity contribution in [2.45, 2.75) is 4.90 Å². The Bertz CT molecular complexity index is 637. The summed E-state index contributed by atoms with van der Waals surface area (Å²) in [5.74, 6) is -1.60. The highest BCUT2D eigenvalue weighted by atomic mass is 32.2. The third-order valence-electron chi connectivity index (χ3n) is 2.63. The Morgan fingerprint density at radius 1 is 1.33 bits per heavy atom. The van der Waals surface area contributed by atoms with Gasteiger partial charge in [-0.15, -0.1) is 6.58 Å². The molecule has 21 heavy (non-hydrogen) atoms. The van der Waals surface area contributed by atoms with E-state index in [4.69, 9.17) is 5.11 Å². The van der Waals surface area contributed by atoms with E-state index in [0.29, 0.717) is 5.56 Å². The van der Waals surface area contributed by atoms with E-state index in [9.17, 15) is 18.0 Å². The highest BCUT2D eigenvalue weighted by molar-refractivity contribution is 7.89. The maximum Gasteiger partial charge on any atom is 0.318 e. The normalized spacial score (nSPS) is 11.1. The van der Waals surface area contributed by atoms with Gasteiger partial charge in [0.15, 0.2) is 0 Å². The Hall–Kier alpha value is -2.19. The number of benzene rings is 1. The molecule has 0 bridgehead atoms. The molecule has 0 aliphatic rings. The first kappa shape index (κ1) is 16.9. The standard InChI is InChI=1S/C13H16N2O5S/c1-3-8-15(9-12(16)17)21(19,20)11-6-4-10(5-7-11)13(18)14-2/h3-7H,1,8-9H2,2H3,(H,14,18)(H,16,17). The number of carbonyl (C=O) groups is 2. The molecule has 0 aromatic heterocycles. The summed E-state index contributed by atoms with van der Waals surface area (Å²) in [5, 5.41) is 11.2. The maximum atomic E-state index is 12.3. The quantitative estimate of drug-likeness (QED) is 0.705. The summed E-state index contributed by atoms with van der Waals surface area (Å²) in [6, 6.07) is 5.24. The Labute approximate surface area is 122 Å². The Balaban J connectivity index is 3.12. The average Bonchev–Trinajstić information content (AvgIpc) is 2.45. The van der Waals surface area contributed by atoms with Gasteiger partial charge in [-0.3, -0.25) is 9.59 Å². The summed E-state index contributed by atoms with van der Waals surface area (Å²) in [6.45, 7) is 2.63. The highest BCUT2D eigenvalue weighted by Gasteiger charge is 2.25. The van der Waals surface area contributed by atoms with Crippen LogP contribution < -0.4 is 5.32 Å². The molecule has 1 aromatic carbocycles. The molecular formula is C13H16N2O5S. The van der Waals surface area contributed by atoms with Gasteiger partial charge in [0.1, 0.15) is 6.54 Å². The van der Waals surface area contributed by atoms with Crippen molar-refractivity contribution in [3.8, 4) is 0 Å². The summed E-state index contributed by atoms with van der Waals surface area (Å²) in [7, 11) is -2.49. The van der Waals surface area contributed by atoms with Crippen LogP contribution in [0.2, 0.25) is 0 Å². The van der Waals surface area contributed by atoms with E-state index in [-0.39, 0.29) is 17.3 Å². The number of carbonyl (C=O) groups excluding carboxylic acids is 1. The van der Waals surface area contributed by atoms with Crippen molar-refractivity contribution in [2.24, 2.45) is 0 Å². The zero-order valence-corrected chi connectivity index (χ0v) is 12.3. The van der Waals surface area contributed by atoms with Gasteiger partial charge in [-0.1, -0.05) is 6.08 Å². The minimum atomic E-state index is -3.96. The van der Waals surface area contributed by atoms with Crippen LogP contribution in [0.4, 0.5) is 0 Å². The van der Waals surface area contributed by atoms with Crippen molar-refractivity contribution >= 4 is 21.9 Å². The minimum absolute atomic E-state index is 0.0850. The molecule has 0 saturated heterocycles. The maximum absolute atomic E-state index is 12.3. The molecule has 0 atom stereocenters. The fraction of sp³-hybridized carbons (Fsp3) is 0.231. The molecule has 8 heteroatoms. The highest BCUT2D eigenvalue weighted by Crippen LogP contribution is 2.16. The number of carboxylic acids is 1. The van der Waals surface area contributed by atoms with E-state index in [1.807, 2.05) is 0 Å². The third kappa shape index (κ3) is 4.14. The van der Waals surface area contributed by atoms with Crippen molar-refractivity contribution < 1.29 is 23.1 Å². The van der Waals surface area contributed by atoms with E-state index in [1.165, 1.54) is 37.4 Å². The smallest absolute Gasteiger partial charge is 0.318 e. The van der Waals surface area contributed by atoms with Gasteiger partial charge in [-0.05, 0) is 24.3 Å². The molecule has 1 rings (SSSR count). The Kier molecular flexibility index (Phi) is 5.62. The molecule has 114 valence electrons. The predicted octanol–water partition coefficient (Wildman–Crippen LogP) is 0.307. The molecule has 1 aromatic rings. The lowest BCUT2D eigenvalue weighted by Crippen LogP contribution is -2.35. The number of sulfonamides is 1. The number of carboxylic acid groups (broad SMARTS) is 1. The van der Waals surface area contributed by atoms with Crippen LogP contribution in [0.15, 0.2) is 41.8 Å². The van der Waals surface area contributed by atoms with Gasteiger partial charge in [-0.2, -0.15) is 4.31 Å². The number of hydrogen-bond donors (Lipinski definition) is 2. The number of nitrogens with zero attached hydrogens (tertiary/aromatic N) is 1. The molecule has 0 radical (unpaired) electrons. The van der Waals surface area contributed by atoms with Gasteiger partial charge >= 0.3 is 5.97 Å². The van der Waals surface area contributed by atoms with E-state index >= 15 is 0 Å². The SMILES string of the molecule is C=CCN(CC(=O)O)S(=O)(=O)c1ccc(C(=O)NC)cc1. The summed E-state index contributed by atoms with van der Waals surface area (Å²) in [6.07, 6.45) is 1.30. The second-order valence-electron chi connectivity index (χ2n) is 4.08. The lowest BCUT2D eigenvalue weighted by molar-refractivity contribution is -0.137. The summed E-state index contributed by atoms with van der Waals surface area (Å²) in [5.41, 5.74) is 0.310. The first-order chi connectivity index (χ1) is 9.82. The number of nitrogens with one attached hydrogen (secondary N) is 1. The second kappa shape index (κ2) is 7.00. The molecule has 1 amide bonds. The van der Waals surface area contributed by atoms with E-state index in [1.54, 1.807) is 0 Å². The van der Waals surface area contributed by atoms with Crippen LogP contribution in [0.3, 0.4) is 0 Å². The van der Waals surface area contributed by atoms with Crippen molar-refractivity contribution in [1.29, 1.82) is 0 Å². The number of amides is 1. The molecule has 0 aliphatic carbocycles. The zero-order valence-electron chi connectivity index (χ0n) is 11.4. The van der Waals surface area contributed by atoms with Gasteiger partial charge in [0.2, 0.25) is 10.0 Å². The van der Waals surface area contributed by atoms with Crippen LogP contribution >= 0.6 is 0 Å². The largest absolute Gasteiger partial charge is 0.480 e. The number of aliphatic carboxylic acids is 1. The van der Waals surface area contributed by atoms with E-state index in [2.05, 4.69) is 11.9 Å². The van der Waals surface area contributed by atoms with Gasteiger partial charge in [-0.25, -0.2) is 8.42 Å². The van der Waals surface area contributed by atoms with Crippen LogP contribution in [0, 0.1) is 0 Å². The Morgan fingerprint density at radius 2 is 1.90 bits per heavy atom. The third-order valence-corrected chi connectivity index (χ3v) is 4.45. The summed E-state index contributed by atoms with van der Waals surface area (Å²) in [4.78, 5) is 22.1. The lowest BCUT2D eigenvalue weighted by atomic mass is 10.2. The molecule has 7 nitrogen and oxygen atoms in total. The predicted molar refractivity (Wildman–Crippen MR) is 76.4 cm³/mol. The molecular weight excluding hydrogens is 296 g/mol. The second-order valence-corrected chi connectivity index (χ2v) is 6.02. The van der Waals surface area contributed by atoms with Gasteiger partial charge in [0, 0.05) is 19.2 Å². The van der Waals surface area contributed by atoms with Crippen LogP contribution in [-0.2, 0) is 14.8 Å².